The van der Waals surface area contributed by atoms with Crippen LogP contribution in [0.15, 0.2) is 24.3 Å². The molecule has 1 aromatic carbocycles. The highest BCUT2D eigenvalue weighted by Crippen LogP contribution is 2.18. The van der Waals surface area contributed by atoms with Crippen molar-refractivity contribution in [3.63, 3.8) is 0 Å². The summed E-state index contributed by atoms with van der Waals surface area (Å²) >= 11 is 0. The average molecular weight is 251 g/mol. The van der Waals surface area contributed by atoms with Crippen LogP contribution in [-0.4, -0.2) is 37.5 Å². The molecule has 4 nitrogen and oxygen atoms in total. The van der Waals surface area contributed by atoms with Crippen LogP contribution in [0.25, 0.3) is 0 Å². The van der Waals surface area contributed by atoms with Gasteiger partial charge in [-0.1, -0.05) is 12.1 Å². The lowest BCUT2D eigenvalue weighted by Gasteiger charge is -2.12. The monoisotopic (exact) mass is 251 g/mol. The molecule has 100 valence electrons. The van der Waals surface area contributed by atoms with Crippen molar-refractivity contribution >= 4 is 0 Å². The Hall–Kier alpha value is -1.10. The fourth-order valence-electron chi connectivity index (χ4n) is 1.68. The highest BCUT2D eigenvalue weighted by atomic mass is 16.5. The number of rotatable bonds is 8. The highest BCUT2D eigenvalue weighted by Gasteiger charge is 2.21. The molecule has 1 atom stereocenters. The molecule has 0 bridgehead atoms. The molecule has 0 aliphatic heterocycles. The van der Waals surface area contributed by atoms with Gasteiger partial charge in [0.25, 0.3) is 0 Å². The second kappa shape index (κ2) is 6.73. The smallest absolute Gasteiger partial charge is 0.118 e. The molecule has 4 heteroatoms. The van der Waals surface area contributed by atoms with Crippen LogP contribution in [0, 0.1) is 0 Å². The van der Waals surface area contributed by atoms with E-state index in [1.807, 2.05) is 24.3 Å². The van der Waals surface area contributed by atoms with Crippen LogP contribution in [0.1, 0.15) is 18.4 Å². The second-order valence-electron chi connectivity index (χ2n) is 4.70. The van der Waals surface area contributed by atoms with Crippen LogP contribution >= 0.6 is 0 Å². The van der Waals surface area contributed by atoms with Gasteiger partial charge < -0.3 is 19.9 Å². The summed E-state index contributed by atoms with van der Waals surface area (Å²) in [6.45, 7) is 1.50. The van der Waals surface area contributed by atoms with E-state index in [1.54, 1.807) is 7.11 Å². The fraction of sp³-hybridized carbons (Fsp3) is 0.571. The molecular weight excluding hydrogens is 230 g/mol. The van der Waals surface area contributed by atoms with Crippen molar-refractivity contribution in [2.75, 3.05) is 20.3 Å². The summed E-state index contributed by atoms with van der Waals surface area (Å²) in [5.41, 5.74) is 1.08. The van der Waals surface area contributed by atoms with E-state index in [4.69, 9.17) is 9.47 Å². The molecule has 0 aromatic heterocycles. The van der Waals surface area contributed by atoms with Gasteiger partial charge in [-0.05, 0) is 30.5 Å². The van der Waals surface area contributed by atoms with E-state index in [0.717, 1.165) is 11.3 Å². The number of ether oxygens (including phenoxy) is 2. The van der Waals surface area contributed by atoms with E-state index < -0.39 is 6.10 Å². The lowest BCUT2D eigenvalue weighted by molar-refractivity contribution is 0.0287. The Morgan fingerprint density at radius 1 is 1.33 bits per heavy atom. The molecule has 2 rings (SSSR count). The van der Waals surface area contributed by atoms with Crippen molar-refractivity contribution in [2.45, 2.75) is 31.6 Å². The maximum absolute atomic E-state index is 9.68. The van der Waals surface area contributed by atoms with Crippen LogP contribution < -0.4 is 10.1 Å². The summed E-state index contributed by atoms with van der Waals surface area (Å²) in [6, 6.07) is 8.37. The van der Waals surface area contributed by atoms with E-state index in [-0.39, 0.29) is 0 Å². The largest absolute Gasteiger partial charge is 0.497 e. The number of aliphatic hydroxyl groups is 1. The standard InChI is InChI=1S/C14H21NO3/c1-17-14-6-2-11(3-7-14)9-18-10-13(16)8-15-12-4-5-12/h2-3,6-7,12-13,15-16H,4-5,8-10H2,1H3. The van der Waals surface area contributed by atoms with Crippen molar-refractivity contribution in [1.82, 2.24) is 5.32 Å². The molecule has 1 unspecified atom stereocenters. The van der Waals surface area contributed by atoms with Crippen LogP contribution in [-0.2, 0) is 11.3 Å². The first-order valence-electron chi connectivity index (χ1n) is 6.40. The van der Waals surface area contributed by atoms with Crippen molar-refractivity contribution in [3.8, 4) is 5.75 Å². The quantitative estimate of drug-likeness (QED) is 0.732. The third-order valence-corrected chi connectivity index (χ3v) is 2.96. The van der Waals surface area contributed by atoms with Crippen molar-refractivity contribution in [2.24, 2.45) is 0 Å². The number of nitrogens with one attached hydrogen (secondary N) is 1. The van der Waals surface area contributed by atoms with Gasteiger partial charge in [0.1, 0.15) is 5.75 Å². The Morgan fingerprint density at radius 3 is 2.67 bits per heavy atom. The molecule has 1 aliphatic rings. The first-order chi connectivity index (χ1) is 8.78. The highest BCUT2D eigenvalue weighted by molar-refractivity contribution is 5.26. The van der Waals surface area contributed by atoms with E-state index in [0.29, 0.717) is 25.8 Å². The van der Waals surface area contributed by atoms with Crippen molar-refractivity contribution in [1.29, 1.82) is 0 Å². The van der Waals surface area contributed by atoms with E-state index >= 15 is 0 Å². The molecule has 1 fully saturated rings. The summed E-state index contributed by atoms with van der Waals surface area (Å²) in [7, 11) is 1.65. The zero-order valence-corrected chi connectivity index (χ0v) is 10.8. The molecule has 18 heavy (non-hydrogen) atoms. The first-order valence-corrected chi connectivity index (χ1v) is 6.40. The predicted molar refractivity (Wildman–Crippen MR) is 69.7 cm³/mol. The average Bonchev–Trinajstić information content (AvgIpc) is 3.21. The van der Waals surface area contributed by atoms with Crippen molar-refractivity contribution in [3.05, 3.63) is 29.8 Å². The normalized spacial score (nSPS) is 16.6. The Labute approximate surface area is 108 Å². The summed E-state index contributed by atoms with van der Waals surface area (Å²) < 4.78 is 10.6. The van der Waals surface area contributed by atoms with Crippen LogP contribution in [0.2, 0.25) is 0 Å². The predicted octanol–water partition coefficient (Wildman–Crippen LogP) is 1.32. The zero-order chi connectivity index (χ0) is 12.8. The van der Waals surface area contributed by atoms with Crippen LogP contribution in [0.5, 0.6) is 5.75 Å². The van der Waals surface area contributed by atoms with Gasteiger partial charge in [0.05, 0.1) is 26.4 Å². The SMILES string of the molecule is COc1ccc(COCC(O)CNC2CC2)cc1. The molecule has 0 heterocycles. The number of methoxy groups -OCH3 is 1. The minimum atomic E-state index is -0.427. The Kier molecular flexibility index (Phi) is 4.99. The second-order valence-corrected chi connectivity index (χ2v) is 4.70. The molecule has 1 saturated carbocycles. The summed E-state index contributed by atoms with van der Waals surface area (Å²) in [6.07, 6.45) is 2.04. The van der Waals surface area contributed by atoms with E-state index in [2.05, 4.69) is 5.32 Å². The third-order valence-electron chi connectivity index (χ3n) is 2.96. The minimum Gasteiger partial charge on any atom is -0.497 e. The van der Waals surface area contributed by atoms with Gasteiger partial charge >= 0.3 is 0 Å². The van der Waals surface area contributed by atoms with E-state index in [1.165, 1.54) is 12.8 Å². The Morgan fingerprint density at radius 2 is 2.06 bits per heavy atom. The maximum atomic E-state index is 9.68. The van der Waals surface area contributed by atoms with Crippen LogP contribution in [0.4, 0.5) is 0 Å². The molecule has 1 aromatic rings. The van der Waals surface area contributed by atoms with Gasteiger partial charge in [0.15, 0.2) is 0 Å². The van der Waals surface area contributed by atoms with Gasteiger partial charge in [0.2, 0.25) is 0 Å². The Balaban J connectivity index is 1.60. The molecule has 1 aliphatic carbocycles. The zero-order valence-electron chi connectivity index (χ0n) is 10.8. The molecule has 2 N–H and O–H groups in total. The lowest BCUT2D eigenvalue weighted by Crippen LogP contribution is -2.31. The van der Waals surface area contributed by atoms with Gasteiger partial charge in [0, 0.05) is 12.6 Å². The van der Waals surface area contributed by atoms with E-state index in [9.17, 15) is 5.11 Å². The number of benzene rings is 1. The molecular formula is C14H21NO3. The van der Waals surface area contributed by atoms with Crippen LogP contribution in [0.3, 0.4) is 0 Å². The molecule has 0 saturated heterocycles. The number of hydrogen-bond acceptors (Lipinski definition) is 4. The lowest BCUT2D eigenvalue weighted by atomic mass is 10.2. The molecule has 0 amide bonds. The minimum absolute atomic E-state index is 0.367. The Bertz CT molecular complexity index is 349. The summed E-state index contributed by atoms with van der Waals surface area (Å²) in [5.74, 6) is 0.840. The van der Waals surface area contributed by atoms with Crippen molar-refractivity contribution < 1.29 is 14.6 Å². The number of hydrogen-bond donors (Lipinski definition) is 2. The van der Waals surface area contributed by atoms with Gasteiger partial charge in [-0.2, -0.15) is 0 Å². The molecule has 0 spiro atoms. The number of aliphatic hydroxyl groups excluding tert-OH is 1. The first kappa shape index (κ1) is 13.3. The van der Waals surface area contributed by atoms with Gasteiger partial charge in [-0.25, -0.2) is 0 Å². The van der Waals surface area contributed by atoms with Gasteiger partial charge in [-0.3, -0.25) is 0 Å². The third kappa shape index (κ3) is 4.64. The molecule has 0 radical (unpaired) electrons. The maximum Gasteiger partial charge on any atom is 0.118 e. The van der Waals surface area contributed by atoms with Gasteiger partial charge in [-0.15, -0.1) is 0 Å². The fourth-order valence-corrected chi connectivity index (χ4v) is 1.68. The summed E-state index contributed by atoms with van der Waals surface area (Å²) in [4.78, 5) is 0. The summed E-state index contributed by atoms with van der Waals surface area (Å²) in [5, 5.41) is 13.0. The topological polar surface area (TPSA) is 50.7 Å².